The number of methoxy groups -OCH3 is 1. The Hall–Kier alpha value is -2.70. The molecule has 2 rings (SSSR count). The van der Waals surface area contributed by atoms with Crippen molar-refractivity contribution < 1.29 is 27.4 Å². The number of alkyl halides is 2. The highest BCUT2D eigenvalue weighted by Gasteiger charge is 2.12. The normalized spacial score (nSPS) is 10.9. The number of ether oxygens (including phenoxy) is 2. The van der Waals surface area contributed by atoms with Crippen LogP contribution < -0.4 is 25.4 Å². The summed E-state index contributed by atoms with van der Waals surface area (Å²) < 4.78 is 47.8. The maximum Gasteiger partial charge on any atom is 0.387 e. The van der Waals surface area contributed by atoms with E-state index in [0.29, 0.717) is 35.9 Å². The van der Waals surface area contributed by atoms with Crippen LogP contribution in [-0.4, -0.2) is 45.7 Å². The summed E-state index contributed by atoms with van der Waals surface area (Å²) >= 11 is 0. The van der Waals surface area contributed by atoms with E-state index >= 15 is 0 Å². The molecule has 0 fully saturated rings. The molecular formula is C21H26F3IN4O3. The molecule has 32 heavy (non-hydrogen) atoms. The third-order valence-corrected chi connectivity index (χ3v) is 4.17. The van der Waals surface area contributed by atoms with Crippen LogP contribution >= 0.6 is 24.0 Å². The first-order chi connectivity index (χ1) is 14.9. The van der Waals surface area contributed by atoms with E-state index in [4.69, 9.17) is 4.74 Å². The summed E-state index contributed by atoms with van der Waals surface area (Å²) in [5.74, 6) is 0.409. The van der Waals surface area contributed by atoms with Crippen LogP contribution in [0.25, 0.3) is 0 Å². The van der Waals surface area contributed by atoms with Gasteiger partial charge < -0.3 is 25.4 Å². The zero-order chi connectivity index (χ0) is 22.6. The Labute approximate surface area is 201 Å². The molecule has 0 atom stereocenters. The van der Waals surface area contributed by atoms with Crippen LogP contribution in [0.3, 0.4) is 0 Å². The van der Waals surface area contributed by atoms with Crippen molar-refractivity contribution in [3.05, 3.63) is 59.4 Å². The van der Waals surface area contributed by atoms with Gasteiger partial charge in [-0.1, -0.05) is 12.1 Å². The molecule has 2 aromatic rings. The zero-order valence-electron chi connectivity index (χ0n) is 17.7. The maximum absolute atomic E-state index is 12.9. The summed E-state index contributed by atoms with van der Waals surface area (Å²) in [5.41, 5.74) is 1.18. The van der Waals surface area contributed by atoms with Gasteiger partial charge in [0.05, 0.1) is 13.5 Å². The second-order valence-corrected chi connectivity index (χ2v) is 6.36. The Bertz CT molecular complexity index is 883. The van der Waals surface area contributed by atoms with Crippen molar-refractivity contribution >= 4 is 35.8 Å². The lowest BCUT2D eigenvalue weighted by atomic mass is 10.1. The van der Waals surface area contributed by atoms with Crippen LogP contribution in [-0.2, 0) is 17.8 Å². The second kappa shape index (κ2) is 14.4. The van der Waals surface area contributed by atoms with Crippen LogP contribution in [0.15, 0.2) is 47.5 Å². The smallest absolute Gasteiger partial charge is 0.387 e. The molecule has 176 valence electrons. The van der Waals surface area contributed by atoms with E-state index in [2.05, 4.69) is 25.7 Å². The van der Waals surface area contributed by atoms with Gasteiger partial charge in [0.15, 0.2) is 5.96 Å². The van der Waals surface area contributed by atoms with E-state index in [1.165, 1.54) is 31.4 Å². The number of guanidine groups is 1. The van der Waals surface area contributed by atoms with E-state index in [0.717, 1.165) is 0 Å². The standard InChI is InChI=1S/C21H25F3N4O3.HI/c1-25-21(27-10-9-26-19(29)11-14-3-5-16(22)6-4-14)28-13-15-12-17(30-2)7-8-18(15)31-20(23)24;/h3-8,12,20H,9-11,13H2,1-2H3,(H,26,29)(H2,25,27,28);1H. The maximum atomic E-state index is 12.9. The number of rotatable bonds is 10. The molecule has 7 nitrogen and oxygen atoms in total. The van der Waals surface area contributed by atoms with Crippen LogP contribution in [0, 0.1) is 5.82 Å². The number of halogens is 4. The number of benzene rings is 2. The van der Waals surface area contributed by atoms with Crippen molar-refractivity contribution in [2.24, 2.45) is 4.99 Å². The average Bonchev–Trinajstić information content (AvgIpc) is 2.75. The number of hydrogen-bond donors (Lipinski definition) is 3. The van der Waals surface area contributed by atoms with Crippen molar-refractivity contribution in [2.75, 3.05) is 27.2 Å². The molecule has 0 saturated carbocycles. The van der Waals surface area contributed by atoms with E-state index in [1.54, 1.807) is 25.2 Å². The molecule has 0 saturated heterocycles. The monoisotopic (exact) mass is 566 g/mol. The van der Waals surface area contributed by atoms with Gasteiger partial charge in [0.2, 0.25) is 5.91 Å². The first kappa shape index (κ1) is 27.3. The van der Waals surface area contributed by atoms with Gasteiger partial charge in [0, 0.05) is 32.2 Å². The van der Waals surface area contributed by atoms with E-state index in [9.17, 15) is 18.0 Å². The van der Waals surface area contributed by atoms with Gasteiger partial charge in [-0.05, 0) is 35.9 Å². The van der Waals surface area contributed by atoms with Crippen LogP contribution in [0.5, 0.6) is 11.5 Å². The van der Waals surface area contributed by atoms with Crippen LogP contribution in [0.1, 0.15) is 11.1 Å². The Morgan fingerprint density at radius 3 is 2.38 bits per heavy atom. The lowest BCUT2D eigenvalue weighted by Crippen LogP contribution is -2.41. The Morgan fingerprint density at radius 2 is 1.75 bits per heavy atom. The fourth-order valence-electron chi connectivity index (χ4n) is 2.66. The molecule has 3 N–H and O–H groups in total. The largest absolute Gasteiger partial charge is 0.497 e. The van der Waals surface area contributed by atoms with Crippen molar-refractivity contribution in [1.29, 1.82) is 0 Å². The van der Waals surface area contributed by atoms with Crippen molar-refractivity contribution in [2.45, 2.75) is 19.6 Å². The molecule has 0 unspecified atom stereocenters. The van der Waals surface area contributed by atoms with Gasteiger partial charge in [-0.15, -0.1) is 24.0 Å². The predicted octanol–water partition coefficient (Wildman–Crippen LogP) is 3.08. The number of hydrogen-bond acceptors (Lipinski definition) is 4. The fourth-order valence-corrected chi connectivity index (χ4v) is 2.66. The molecule has 0 aliphatic carbocycles. The first-order valence-electron chi connectivity index (χ1n) is 9.48. The predicted molar refractivity (Wildman–Crippen MR) is 126 cm³/mol. The molecule has 0 radical (unpaired) electrons. The zero-order valence-corrected chi connectivity index (χ0v) is 20.0. The topological polar surface area (TPSA) is 84.0 Å². The molecule has 0 aliphatic heterocycles. The summed E-state index contributed by atoms with van der Waals surface area (Å²) in [4.78, 5) is 16.0. The highest BCUT2D eigenvalue weighted by Crippen LogP contribution is 2.25. The van der Waals surface area contributed by atoms with Crippen LogP contribution in [0.4, 0.5) is 13.2 Å². The van der Waals surface area contributed by atoms with Crippen LogP contribution in [0.2, 0.25) is 0 Å². The summed E-state index contributed by atoms with van der Waals surface area (Å²) in [7, 11) is 3.04. The molecular weight excluding hydrogens is 540 g/mol. The second-order valence-electron chi connectivity index (χ2n) is 6.36. The van der Waals surface area contributed by atoms with E-state index in [-0.39, 0.29) is 54.4 Å². The highest BCUT2D eigenvalue weighted by atomic mass is 127. The van der Waals surface area contributed by atoms with Gasteiger partial charge in [0.25, 0.3) is 0 Å². The third kappa shape index (κ3) is 9.62. The van der Waals surface area contributed by atoms with Gasteiger partial charge in [-0.25, -0.2) is 4.39 Å². The van der Waals surface area contributed by atoms with E-state index in [1.807, 2.05) is 0 Å². The van der Waals surface area contributed by atoms with E-state index < -0.39 is 6.61 Å². The number of amides is 1. The number of carbonyl (C=O) groups excluding carboxylic acids is 1. The Morgan fingerprint density at radius 1 is 1.06 bits per heavy atom. The Kier molecular flexibility index (Phi) is 12.3. The molecule has 0 heterocycles. The van der Waals surface area contributed by atoms with Crippen molar-refractivity contribution in [3.8, 4) is 11.5 Å². The lowest BCUT2D eigenvalue weighted by Gasteiger charge is -2.15. The molecule has 0 bridgehead atoms. The first-order valence-corrected chi connectivity index (χ1v) is 9.48. The minimum Gasteiger partial charge on any atom is -0.497 e. The number of nitrogens with zero attached hydrogens (tertiary/aromatic N) is 1. The molecule has 0 spiro atoms. The van der Waals surface area contributed by atoms with Gasteiger partial charge in [-0.2, -0.15) is 8.78 Å². The molecule has 0 aromatic heterocycles. The summed E-state index contributed by atoms with van der Waals surface area (Å²) in [6.07, 6.45) is 0.149. The van der Waals surface area contributed by atoms with Crippen molar-refractivity contribution in [3.63, 3.8) is 0 Å². The number of carbonyl (C=O) groups is 1. The van der Waals surface area contributed by atoms with Crippen molar-refractivity contribution in [1.82, 2.24) is 16.0 Å². The molecule has 2 aromatic carbocycles. The summed E-state index contributed by atoms with van der Waals surface area (Å²) in [6.45, 7) is -2.06. The fraction of sp³-hybridized carbons (Fsp3) is 0.333. The minimum atomic E-state index is -2.94. The SMILES string of the molecule is CN=C(NCCNC(=O)Cc1ccc(F)cc1)NCc1cc(OC)ccc1OC(F)F.I. The molecule has 1 amide bonds. The quantitative estimate of drug-likeness (QED) is 0.178. The number of nitrogens with one attached hydrogen (secondary N) is 3. The van der Waals surface area contributed by atoms with Gasteiger partial charge >= 0.3 is 6.61 Å². The average molecular weight is 566 g/mol. The minimum absolute atomic E-state index is 0. The number of aliphatic imine (C=N–C) groups is 1. The Balaban J connectivity index is 0.00000512. The van der Waals surface area contributed by atoms with Gasteiger partial charge in [-0.3, -0.25) is 9.79 Å². The third-order valence-electron chi connectivity index (χ3n) is 4.17. The summed E-state index contributed by atoms with van der Waals surface area (Å²) in [5, 5.41) is 8.75. The highest BCUT2D eigenvalue weighted by molar-refractivity contribution is 14.0. The lowest BCUT2D eigenvalue weighted by molar-refractivity contribution is -0.120. The molecule has 0 aliphatic rings. The molecule has 11 heteroatoms. The van der Waals surface area contributed by atoms with Gasteiger partial charge in [0.1, 0.15) is 17.3 Å². The summed E-state index contributed by atoms with van der Waals surface area (Å²) in [6, 6.07) is 10.3.